The second-order valence-electron chi connectivity index (χ2n) is 5.96. The summed E-state index contributed by atoms with van der Waals surface area (Å²) in [5.74, 6) is 1.57. The summed E-state index contributed by atoms with van der Waals surface area (Å²) in [6.07, 6.45) is 1.84. The first-order valence-corrected chi connectivity index (χ1v) is 8.16. The summed E-state index contributed by atoms with van der Waals surface area (Å²) < 4.78 is 6.23. The van der Waals surface area contributed by atoms with Crippen molar-refractivity contribution in [3.05, 3.63) is 47.0 Å². The molecule has 1 fully saturated rings. The molecule has 0 bridgehead atoms. The average Bonchev–Trinajstić information content (AvgIpc) is 2.74. The van der Waals surface area contributed by atoms with E-state index in [0.29, 0.717) is 5.02 Å². The van der Waals surface area contributed by atoms with Crippen molar-refractivity contribution in [2.24, 2.45) is 4.99 Å². The lowest BCUT2D eigenvalue weighted by Crippen LogP contribution is -2.44. The molecular weight excluding hydrogens is 310 g/mol. The van der Waals surface area contributed by atoms with E-state index in [2.05, 4.69) is 27.9 Å². The molecule has 0 N–H and O–H groups in total. The third kappa shape index (κ3) is 2.80. The Bertz CT molecular complexity index is 767. The van der Waals surface area contributed by atoms with Crippen LogP contribution in [-0.2, 0) is 0 Å². The van der Waals surface area contributed by atoms with Gasteiger partial charge in [0.25, 0.3) is 0 Å². The molecule has 4 rings (SSSR count). The largest absolute Gasteiger partial charge is 0.452 e. The molecule has 4 nitrogen and oxygen atoms in total. The van der Waals surface area contributed by atoms with Crippen LogP contribution in [0.3, 0.4) is 0 Å². The fraction of sp³-hybridized carbons (Fsp3) is 0.278. The van der Waals surface area contributed by atoms with Crippen LogP contribution in [0.5, 0.6) is 11.5 Å². The van der Waals surface area contributed by atoms with Crippen LogP contribution in [0.15, 0.2) is 41.4 Å². The Morgan fingerprint density at radius 2 is 1.91 bits per heavy atom. The highest BCUT2D eigenvalue weighted by molar-refractivity contribution is 6.30. The lowest BCUT2D eigenvalue weighted by molar-refractivity contribution is 0.312. The number of likely N-dealkylation sites (N-methyl/N-ethyl adjacent to an activating group) is 1. The zero-order valence-electron chi connectivity index (χ0n) is 13.0. The number of halogens is 1. The number of piperazine rings is 1. The van der Waals surface area contributed by atoms with Crippen molar-refractivity contribution in [2.45, 2.75) is 0 Å². The highest BCUT2D eigenvalue weighted by atomic mass is 35.5. The van der Waals surface area contributed by atoms with Gasteiger partial charge in [-0.15, -0.1) is 0 Å². The van der Waals surface area contributed by atoms with Crippen LogP contribution in [0, 0.1) is 0 Å². The normalized spacial score (nSPS) is 17.2. The molecule has 2 heterocycles. The molecule has 5 heteroatoms. The van der Waals surface area contributed by atoms with Gasteiger partial charge in [-0.3, -0.25) is 4.99 Å². The van der Waals surface area contributed by atoms with Gasteiger partial charge in [0.2, 0.25) is 0 Å². The molecule has 2 aliphatic rings. The van der Waals surface area contributed by atoms with Gasteiger partial charge in [-0.05, 0) is 31.3 Å². The summed E-state index contributed by atoms with van der Waals surface area (Å²) in [6, 6.07) is 11.8. The molecule has 118 valence electrons. The second kappa shape index (κ2) is 5.87. The van der Waals surface area contributed by atoms with Gasteiger partial charge >= 0.3 is 0 Å². The van der Waals surface area contributed by atoms with E-state index in [1.165, 1.54) is 0 Å². The van der Waals surface area contributed by atoms with Crippen LogP contribution in [0.1, 0.15) is 5.56 Å². The van der Waals surface area contributed by atoms with Crippen LogP contribution in [0.4, 0.5) is 11.4 Å². The molecule has 0 saturated carbocycles. The van der Waals surface area contributed by atoms with Crippen LogP contribution in [-0.4, -0.2) is 44.3 Å². The van der Waals surface area contributed by atoms with Crippen molar-refractivity contribution < 1.29 is 4.74 Å². The van der Waals surface area contributed by atoms with E-state index < -0.39 is 0 Å². The number of anilines is 1. The number of para-hydroxylation sites is 1. The Hall–Kier alpha value is -2.04. The molecule has 2 aromatic carbocycles. The topological polar surface area (TPSA) is 28.1 Å². The van der Waals surface area contributed by atoms with Crippen LogP contribution >= 0.6 is 11.6 Å². The predicted octanol–water partition coefficient (Wildman–Crippen LogP) is 3.95. The van der Waals surface area contributed by atoms with Crippen LogP contribution in [0.25, 0.3) is 0 Å². The van der Waals surface area contributed by atoms with Crippen LogP contribution < -0.4 is 9.64 Å². The minimum Gasteiger partial charge on any atom is -0.452 e. The zero-order chi connectivity index (χ0) is 15.8. The Morgan fingerprint density at radius 3 is 2.74 bits per heavy atom. The summed E-state index contributed by atoms with van der Waals surface area (Å²) in [6.45, 7) is 4.08. The van der Waals surface area contributed by atoms with Gasteiger partial charge in [0.05, 0.1) is 5.69 Å². The number of ether oxygens (including phenoxy) is 1. The minimum atomic E-state index is 0.665. The Kier molecular flexibility index (Phi) is 3.71. The molecule has 0 radical (unpaired) electrons. The van der Waals surface area contributed by atoms with E-state index in [4.69, 9.17) is 16.3 Å². The summed E-state index contributed by atoms with van der Waals surface area (Å²) in [5, 5.41) is 0.665. The van der Waals surface area contributed by atoms with Gasteiger partial charge in [-0.25, -0.2) is 0 Å². The van der Waals surface area contributed by atoms with Gasteiger partial charge in [0.1, 0.15) is 11.4 Å². The number of hydrogen-bond acceptors (Lipinski definition) is 4. The molecular formula is C18H18ClN3O. The van der Waals surface area contributed by atoms with E-state index in [-0.39, 0.29) is 0 Å². The third-order valence-electron chi connectivity index (χ3n) is 4.35. The highest BCUT2D eigenvalue weighted by Crippen LogP contribution is 2.43. The molecule has 0 aromatic heterocycles. The first-order valence-electron chi connectivity index (χ1n) is 7.79. The van der Waals surface area contributed by atoms with Gasteiger partial charge in [-0.2, -0.15) is 0 Å². The van der Waals surface area contributed by atoms with Gasteiger partial charge in [0, 0.05) is 49.0 Å². The summed E-state index contributed by atoms with van der Waals surface area (Å²) in [7, 11) is 2.15. The Labute approximate surface area is 140 Å². The first-order chi connectivity index (χ1) is 11.2. The number of nitrogens with zero attached hydrogens (tertiary/aromatic N) is 3. The van der Waals surface area contributed by atoms with Crippen molar-refractivity contribution in [3.63, 3.8) is 0 Å². The smallest absolute Gasteiger partial charge is 0.176 e. The van der Waals surface area contributed by atoms with Gasteiger partial charge in [-0.1, -0.05) is 17.7 Å². The third-order valence-corrected chi connectivity index (χ3v) is 4.58. The maximum atomic E-state index is 6.23. The molecule has 0 aliphatic carbocycles. The molecule has 0 unspecified atom stereocenters. The Balaban J connectivity index is 1.75. The van der Waals surface area contributed by atoms with Gasteiger partial charge in [0.15, 0.2) is 5.75 Å². The second-order valence-corrected chi connectivity index (χ2v) is 6.39. The first kappa shape index (κ1) is 14.5. The summed E-state index contributed by atoms with van der Waals surface area (Å²) in [4.78, 5) is 9.30. The van der Waals surface area contributed by atoms with Crippen molar-refractivity contribution >= 4 is 29.2 Å². The van der Waals surface area contributed by atoms with E-state index in [1.54, 1.807) is 0 Å². The molecule has 2 aromatic rings. The summed E-state index contributed by atoms with van der Waals surface area (Å²) >= 11 is 6.12. The molecule has 0 spiro atoms. The van der Waals surface area contributed by atoms with E-state index in [0.717, 1.165) is 54.6 Å². The quantitative estimate of drug-likeness (QED) is 0.677. The number of rotatable bonds is 1. The SMILES string of the molecule is CN1CCN(c2cccc3c2Oc2cc(Cl)ccc2C=N3)CC1. The maximum absolute atomic E-state index is 6.23. The minimum absolute atomic E-state index is 0.665. The zero-order valence-corrected chi connectivity index (χ0v) is 13.8. The average molecular weight is 328 g/mol. The van der Waals surface area contributed by atoms with Crippen molar-refractivity contribution in [1.29, 1.82) is 0 Å². The lowest BCUT2D eigenvalue weighted by atomic mass is 10.2. The standard InChI is InChI=1S/C18H18ClN3O/c1-21-7-9-22(10-8-21)16-4-2-3-15-18(16)23-17-11-14(19)6-5-13(17)12-20-15/h2-6,11-12H,7-10H2,1H3. The monoisotopic (exact) mass is 327 g/mol. The summed E-state index contributed by atoms with van der Waals surface area (Å²) in [5.41, 5.74) is 2.89. The number of fused-ring (bicyclic) bond motifs is 2. The number of hydrogen-bond donors (Lipinski definition) is 0. The molecule has 0 amide bonds. The molecule has 23 heavy (non-hydrogen) atoms. The molecule has 0 atom stereocenters. The van der Waals surface area contributed by atoms with Gasteiger partial charge < -0.3 is 14.5 Å². The highest BCUT2D eigenvalue weighted by Gasteiger charge is 2.22. The van der Waals surface area contributed by atoms with E-state index in [9.17, 15) is 0 Å². The Morgan fingerprint density at radius 1 is 1.09 bits per heavy atom. The van der Waals surface area contributed by atoms with E-state index in [1.807, 2.05) is 36.5 Å². The number of benzene rings is 2. The lowest BCUT2D eigenvalue weighted by Gasteiger charge is -2.35. The van der Waals surface area contributed by atoms with Crippen molar-refractivity contribution in [2.75, 3.05) is 38.1 Å². The van der Waals surface area contributed by atoms with Crippen molar-refractivity contribution in [1.82, 2.24) is 4.90 Å². The molecule has 2 aliphatic heterocycles. The van der Waals surface area contributed by atoms with E-state index >= 15 is 0 Å². The number of aliphatic imine (C=N–C) groups is 1. The van der Waals surface area contributed by atoms with Crippen molar-refractivity contribution in [3.8, 4) is 11.5 Å². The predicted molar refractivity (Wildman–Crippen MR) is 94.9 cm³/mol. The van der Waals surface area contributed by atoms with Crippen LogP contribution in [0.2, 0.25) is 5.02 Å². The molecule has 1 saturated heterocycles. The fourth-order valence-corrected chi connectivity index (χ4v) is 3.13. The fourth-order valence-electron chi connectivity index (χ4n) is 2.97. The maximum Gasteiger partial charge on any atom is 0.176 e.